The van der Waals surface area contributed by atoms with Gasteiger partial charge in [0.25, 0.3) is 0 Å². The summed E-state index contributed by atoms with van der Waals surface area (Å²) in [6.45, 7) is 2.24. The van der Waals surface area contributed by atoms with Gasteiger partial charge in [-0.05, 0) is 18.2 Å². The van der Waals surface area contributed by atoms with Crippen LogP contribution in [-0.4, -0.2) is 19.6 Å². The van der Waals surface area contributed by atoms with Crippen molar-refractivity contribution in [3.8, 4) is 0 Å². The number of nitrogens with one attached hydrogen (secondary N) is 2. The van der Waals surface area contributed by atoms with E-state index in [9.17, 15) is 13.2 Å². The molecule has 0 unspecified atom stereocenters. The molecule has 1 fully saturated rings. The Morgan fingerprint density at radius 3 is 2.59 bits per heavy atom. The predicted molar refractivity (Wildman–Crippen MR) is 61.3 cm³/mol. The second-order valence-electron chi connectivity index (χ2n) is 4.09. The monoisotopic (exact) mass is 264 g/mol. The minimum absolute atomic E-state index is 0.0909. The van der Waals surface area contributed by atoms with E-state index in [0.29, 0.717) is 12.5 Å². The predicted octanol–water partition coefficient (Wildman–Crippen LogP) is 2.99. The molecule has 6 heteroatoms. The van der Waals surface area contributed by atoms with Crippen LogP contribution in [0.2, 0.25) is 5.02 Å². The van der Waals surface area contributed by atoms with Crippen molar-refractivity contribution in [1.29, 1.82) is 0 Å². The van der Waals surface area contributed by atoms with Gasteiger partial charge in [-0.3, -0.25) is 0 Å². The highest BCUT2D eigenvalue weighted by molar-refractivity contribution is 6.30. The normalized spacial score (nSPS) is 16.7. The van der Waals surface area contributed by atoms with E-state index in [2.05, 4.69) is 10.6 Å². The Labute approximate surface area is 102 Å². The van der Waals surface area contributed by atoms with Crippen LogP contribution in [0.4, 0.5) is 18.9 Å². The van der Waals surface area contributed by atoms with Crippen LogP contribution in [0.25, 0.3) is 0 Å². The van der Waals surface area contributed by atoms with Crippen molar-refractivity contribution in [2.24, 2.45) is 5.92 Å². The lowest BCUT2D eigenvalue weighted by molar-refractivity contribution is -0.136. The molecule has 0 aliphatic carbocycles. The molecule has 0 amide bonds. The van der Waals surface area contributed by atoms with E-state index in [1.54, 1.807) is 0 Å². The molecule has 2 rings (SSSR count). The molecular weight excluding hydrogens is 253 g/mol. The maximum absolute atomic E-state index is 12.7. The third kappa shape index (κ3) is 3.04. The average molecular weight is 265 g/mol. The van der Waals surface area contributed by atoms with Crippen molar-refractivity contribution in [3.63, 3.8) is 0 Å². The fourth-order valence-electron chi connectivity index (χ4n) is 1.65. The van der Waals surface area contributed by atoms with E-state index in [4.69, 9.17) is 11.6 Å². The largest absolute Gasteiger partial charge is 0.418 e. The fourth-order valence-corrected chi connectivity index (χ4v) is 1.82. The van der Waals surface area contributed by atoms with E-state index in [-0.39, 0.29) is 10.7 Å². The molecule has 2 nitrogen and oxygen atoms in total. The van der Waals surface area contributed by atoms with Gasteiger partial charge >= 0.3 is 6.18 Å². The lowest BCUT2D eigenvalue weighted by Crippen LogP contribution is -2.45. The molecule has 1 aromatic rings. The van der Waals surface area contributed by atoms with Gasteiger partial charge in [0, 0.05) is 36.3 Å². The van der Waals surface area contributed by atoms with Gasteiger partial charge in [-0.2, -0.15) is 13.2 Å². The summed E-state index contributed by atoms with van der Waals surface area (Å²) >= 11 is 5.59. The van der Waals surface area contributed by atoms with Crippen LogP contribution >= 0.6 is 11.6 Å². The number of hydrogen-bond acceptors (Lipinski definition) is 2. The van der Waals surface area contributed by atoms with Crippen molar-refractivity contribution in [3.05, 3.63) is 28.8 Å². The molecule has 1 aromatic carbocycles. The quantitative estimate of drug-likeness (QED) is 0.877. The first kappa shape index (κ1) is 12.5. The summed E-state index contributed by atoms with van der Waals surface area (Å²) in [5, 5.41) is 5.99. The topological polar surface area (TPSA) is 24.1 Å². The Kier molecular flexibility index (Phi) is 3.49. The van der Waals surface area contributed by atoms with Crippen LogP contribution in [0.1, 0.15) is 5.56 Å². The third-order valence-electron chi connectivity index (χ3n) is 2.73. The maximum atomic E-state index is 12.7. The summed E-state index contributed by atoms with van der Waals surface area (Å²) in [7, 11) is 0. The number of hydrogen-bond donors (Lipinski definition) is 2. The molecule has 94 valence electrons. The third-order valence-corrected chi connectivity index (χ3v) is 2.97. The fraction of sp³-hybridized carbons (Fsp3) is 0.455. The molecule has 0 radical (unpaired) electrons. The van der Waals surface area contributed by atoms with Crippen LogP contribution in [0.5, 0.6) is 0 Å². The lowest BCUT2D eigenvalue weighted by atomic mass is 10.0. The SMILES string of the molecule is FC(F)(F)c1cc(Cl)ccc1NCC1CNC1. The van der Waals surface area contributed by atoms with Gasteiger partial charge in [0.2, 0.25) is 0 Å². The van der Waals surface area contributed by atoms with Crippen LogP contribution in [0.15, 0.2) is 18.2 Å². The molecule has 0 spiro atoms. The second-order valence-corrected chi connectivity index (χ2v) is 4.53. The summed E-state index contributed by atoms with van der Waals surface area (Å²) in [6.07, 6.45) is -4.38. The second kappa shape index (κ2) is 4.74. The van der Waals surface area contributed by atoms with Crippen molar-refractivity contribution in [1.82, 2.24) is 5.32 Å². The molecule has 1 heterocycles. The number of alkyl halides is 3. The Bertz CT molecular complexity index is 402. The Morgan fingerprint density at radius 2 is 2.06 bits per heavy atom. The van der Waals surface area contributed by atoms with Gasteiger partial charge in [0.1, 0.15) is 0 Å². The Balaban J connectivity index is 2.13. The summed E-state index contributed by atoms with van der Waals surface area (Å²) in [4.78, 5) is 0. The van der Waals surface area contributed by atoms with E-state index in [0.717, 1.165) is 19.2 Å². The molecule has 17 heavy (non-hydrogen) atoms. The van der Waals surface area contributed by atoms with Crippen LogP contribution in [0.3, 0.4) is 0 Å². The molecular formula is C11H12ClF3N2. The summed E-state index contributed by atoms with van der Waals surface area (Å²) < 4.78 is 38.2. The van der Waals surface area contributed by atoms with E-state index in [1.807, 2.05) is 0 Å². The van der Waals surface area contributed by atoms with E-state index < -0.39 is 11.7 Å². The van der Waals surface area contributed by atoms with Gasteiger partial charge in [-0.25, -0.2) is 0 Å². The minimum Gasteiger partial charge on any atom is -0.384 e. The molecule has 1 aliphatic heterocycles. The highest BCUT2D eigenvalue weighted by Gasteiger charge is 2.34. The first-order valence-corrected chi connectivity index (χ1v) is 5.66. The molecule has 1 saturated heterocycles. The molecule has 0 atom stereocenters. The number of rotatable bonds is 3. The summed E-state index contributed by atoms with van der Waals surface area (Å²) in [5.41, 5.74) is -0.619. The smallest absolute Gasteiger partial charge is 0.384 e. The van der Waals surface area contributed by atoms with Gasteiger partial charge in [-0.1, -0.05) is 11.6 Å². The Hall–Kier alpha value is -0.940. The molecule has 0 aromatic heterocycles. The van der Waals surface area contributed by atoms with Gasteiger partial charge in [-0.15, -0.1) is 0 Å². The van der Waals surface area contributed by atoms with E-state index >= 15 is 0 Å². The van der Waals surface area contributed by atoms with Crippen LogP contribution in [-0.2, 0) is 6.18 Å². The zero-order valence-corrected chi connectivity index (χ0v) is 9.70. The zero-order chi connectivity index (χ0) is 12.5. The lowest BCUT2D eigenvalue weighted by Gasteiger charge is -2.28. The van der Waals surface area contributed by atoms with Crippen molar-refractivity contribution < 1.29 is 13.2 Å². The van der Waals surface area contributed by atoms with Crippen molar-refractivity contribution in [2.45, 2.75) is 6.18 Å². The zero-order valence-electron chi connectivity index (χ0n) is 8.94. The van der Waals surface area contributed by atoms with Crippen molar-refractivity contribution >= 4 is 17.3 Å². The number of anilines is 1. The molecule has 2 N–H and O–H groups in total. The molecule has 1 aliphatic rings. The van der Waals surface area contributed by atoms with Gasteiger partial charge in [0.05, 0.1) is 5.56 Å². The Morgan fingerprint density at radius 1 is 1.35 bits per heavy atom. The molecule has 0 saturated carbocycles. The van der Waals surface area contributed by atoms with Gasteiger partial charge < -0.3 is 10.6 Å². The summed E-state index contributed by atoms with van der Waals surface area (Å²) in [6, 6.07) is 3.78. The number of benzene rings is 1. The average Bonchev–Trinajstić information content (AvgIpc) is 2.16. The minimum atomic E-state index is -4.38. The van der Waals surface area contributed by atoms with Crippen molar-refractivity contribution in [2.75, 3.05) is 25.0 Å². The van der Waals surface area contributed by atoms with E-state index in [1.165, 1.54) is 12.1 Å². The summed E-state index contributed by atoms with van der Waals surface area (Å²) in [5.74, 6) is 0.395. The highest BCUT2D eigenvalue weighted by Crippen LogP contribution is 2.36. The maximum Gasteiger partial charge on any atom is 0.418 e. The molecule has 0 bridgehead atoms. The van der Waals surface area contributed by atoms with Crippen LogP contribution < -0.4 is 10.6 Å². The van der Waals surface area contributed by atoms with Gasteiger partial charge in [0.15, 0.2) is 0 Å². The standard InChI is InChI=1S/C11H12ClF3N2/c12-8-1-2-10(9(3-8)11(13,14)15)17-6-7-4-16-5-7/h1-3,7,16-17H,4-6H2. The first-order valence-electron chi connectivity index (χ1n) is 5.28. The first-order chi connectivity index (χ1) is 7.97. The highest BCUT2D eigenvalue weighted by atomic mass is 35.5. The van der Waals surface area contributed by atoms with Crippen LogP contribution in [0, 0.1) is 5.92 Å². The number of halogens is 4.